The van der Waals surface area contributed by atoms with Gasteiger partial charge in [-0.25, -0.2) is 4.98 Å². The maximum Gasteiger partial charge on any atom is 0.243 e. The monoisotopic (exact) mass is 237 g/mol. The summed E-state index contributed by atoms with van der Waals surface area (Å²) in [6.45, 7) is 6.72. The van der Waals surface area contributed by atoms with Crippen LogP contribution in [0.25, 0.3) is 0 Å². The molecule has 0 aliphatic carbocycles. The lowest BCUT2D eigenvalue weighted by Crippen LogP contribution is -2.26. The van der Waals surface area contributed by atoms with Crippen molar-refractivity contribution in [2.45, 2.75) is 33.6 Å². The highest BCUT2D eigenvalue weighted by Crippen LogP contribution is 2.06. The third kappa shape index (κ3) is 4.34. The Hall–Kier alpha value is -1.72. The molecule has 17 heavy (non-hydrogen) atoms. The van der Waals surface area contributed by atoms with Crippen molar-refractivity contribution in [1.82, 2.24) is 20.5 Å². The summed E-state index contributed by atoms with van der Waals surface area (Å²) in [4.78, 5) is 15.0. The minimum Gasteiger partial charge on any atom is -0.355 e. The standard InChI is InChI=1S/C11H19N5O/c1-4-9-10(5-2)15-16-11(14-9)13-7-6-12-8(3)17/h4-7H2,1-3H3,(H,12,17)(H,13,14,16). The molecule has 0 bridgehead atoms. The summed E-state index contributed by atoms with van der Waals surface area (Å²) in [7, 11) is 0. The van der Waals surface area contributed by atoms with Gasteiger partial charge in [0.1, 0.15) is 0 Å². The number of anilines is 1. The fourth-order valence-corrected chi connectivity index (χ4v) is 1.43. The van der Waals surface area contributed by atoms with Gasteiger partial charge in [0.05, 0.1) is 11.4 Å². The van der Waals surface area contributed by atoms with Crippen LogP contribution >= 0.6 is 0 Å². The molecule has 6 heteroatoms. The minimum absolute atomic E-state index is 0.0404. The SMILES string of the molecule is CCc1nnc(NCCNC(C)=O)nc1CC. The van der Waals surface area contributed by atoms with Crippen molar-refractivity contribution in [2.24, 2.45) is 0 Å². The Morgan fingerprint density at radius 1 is 1.12 bits per heavy atom. The first-order chi connectivity index (χ1) is 8.17. The molecule has 2 N–H and O–H groups in total. The number of amides is 1. The van der Waals surface area contributed by atoms with Crippen molar-refractivity contribution < 1.29 is 4.79 Å². The summed E-state index contributed by atoms with van der Waals surface area (Å²) in [5, 5.41) is 13.8. The van der Waals surface area contributed by atoms with E-state index in [-0.39, 0.29) is 5.91 Å². The smallest absolute Gasteiger partial charge is 0.243 e. The van der Waals surface area contributed by atoms with Gasteiger partial charge in [0, 0.05) is 20.0 Å². The molecule has 1 aromatic heterocycles. The predicted octanol–water partition coefficient (Wildman–Crippen LogP) is 0.544. The van der Waals surface area contributed by atoms with E-state index in [1.54, 1.807) is 0 Å². The molecule has 0 unspecified atom stereocenters. The van der Waals surface area contributed by atoms with Crippen LogP contribution < -0.4 is 10.6 Å². The number of aryl methyl sites for hydroxylation is 2. The highest BCUT2D eigenvalue weighted by molar-refractivity contribution is 5.72. The average molecular weight is 237 g/mol. The van der Waals surface area contributed by atoms with Gasteiger partial charge in [0.2, 0.25) is 11.9 Å². The van der Waals surface area contributed by atoms with E-state index in [2.05, 4.69) is 25.8 Å². The van der Waals surface area contributed by atoms with Crippen LogP contribution in [0.1, 0.15) is 32.2 Å². The van der Waals surface area contributed by atoms with E-state index in [1.165, 1.54) is 6.92 Å². The average Bonchev–Trinajstić information content (AvgIpc) is 2.34. The fourth-order valence-electron chi connectivity index (χ4n) is 1.43. The summed E-state index contributed by atoms with van der Waals surface area (Å²) in [6.07, 6.45) is 1.69. The molecule has 0 saturated heterocycles. The lowest BCUT2D eigenvalue weighted by atomic mass is 10.2. The number of rotatable bonds is 6. The zero-order valence-electron chi connectivity index (χ0n) is 10.6. The van der Waals surface area contributed by atoms with E-state index in [0.717, 1.165) is 24.2 Å². The van der Waals surface area contributed by atoms with Gasteiger partial charge in [-0.1, -0.05) is 13.8 Å². The van der Waals surface area contributed by atoms with Gasteiger partial charge < -0.3 is 10.6 Å². The molecule has 6 nitrogen and oxygen atoms in total. The maximum absolute atomic E-state index is 10.7. The van der Waals surface area contributed by atoms with Crippen LogP contribution in [0.2, 0.25) is 0 Å². The summed E-state index contributed by atoms with van der Waals surface area (Å²) in [5.41, 5.74) is 1.92. The summed E-state index contributed by atoms with van der Waals surface area (Å²) in [5.74, 6) is 0.478. The Bertz CT molecular complexity index is 380. The molecular formula is C11H19N5O. The van der Waals surface area contributed by atoms with Gasteiger partial charge in [-0.15, -0.1) is 5.10 Å². The molecule has 1 rings (SSSR count). The molecule has 0 spiro atoms. The minimum atomic E-state index is -0.0404. The molecule has 0 saturated carbocycles. The number of aromatic nitrogens is 3. The number of carbonyl (C=O) groups excluding carboxylic acids is 1. The summed E-state index contributed by atoms with van der Waals surface area (Å²) >= 11 is 0. The number of nitrogens with zero attached hydrogens (tertiary/aromatic N) is 3. The van der Waals surface area contributed by atoms with Crippen molar-refractivity contribution >= 4 is 11.9 Å². The van der Waals surface area contributed by atoms with Crippen molar-refractivity contribution in [3.8, 4) is 0 Å². The highest BCUT2D eigenvalue weighted by Gasteiger charge is 2.05. The molecule has 1 amide bonds. The Balaban J connectivity index is 2.51. The van der Waals surface area contributed by atoms with E-state index in [4.69, 9.17) is 0 Å². The van der Waals surface area contributed by atoms with Crippen LogP contribution in [0.15, 0.2) is 0 Å². The van der Waals surface area contributed by atoms with E-state index >= 15 is 0 Å². The van der Waals surface area contributed by atoms with Gasteiger partial charge >= 0.3 is 0 Å². The molecule has 0 fully saturated rings. The maximum atomic E-state index is 10.7. The number of carbonyl (C=O) groups is 1. The second-order valence-electron chi connectivity index (χ2n) is 3.65. The predicted molar refractivity (Wildman–Crippen MR) is 65.8 cm³/mol. The molecule has 0 aliphatic heterocycles. The highest BCUT2D eigenvalue weighted by atomic mass is 16.1. The van der Waals surface area contributed by atoms with Crippen LogP contribution in [-0.4, -0.2) is 34.2 Å². The first-order valence-corrected chi connectivity index (χ1v) is 5.88. The second-order valence-corrected chi connectivity index (χ2v) is 3.65. The number of hydrogen-bond donors (Lipinski definition) is 2. The molecule has 0 aromatic carbocycles. The Morgan fingerprint density at radius 2 is 1.82 bits per heavy atom. The molecule has 94 valence electrons. The van der Waals surface area contributed by atoms with Gasteiger partial charge in [-0.2, -0.15) is 5.10 Å². The van der Waals surface area contributed by atoms with Crippen LogP contribution in [-0.2, 0) is 17.6 Å². The first kappa shape index (κ1) is 13.3. The zero-order chi connectivity index (χ0) is 12.7. The summed E-state index contributed by atoms with van der Waals surface area (Å²) in [6, 6.07) is 0. The third-order valence-corrected chi connectivity index (χ3v) is 2.29. The van der Waals surface area contributed by atoms with Crippen molar-refractivity contribution in [3.05, 3.63) is 11.4 Å². The van der Waals surface area contributed by atoms with Gasteiger partial charge in [0.25, 0.3) is 0 Å². The van der Waals surface area contributed by atoms with Crippen LogP contribution in [0.4, 0.5) is 5.95 Å². The molecular weight excluding hydrogens is 218 g/mol. The quantitative estimate of drug-likeness (QED) is 0.706. The fraction of sp³-hybridized carbons (Fsp3) is 0.636. The van der Waals surface area contributed by atoms with Crippen LogP contribution in [0.5, 0.6) is 0 Å². The van der Waals surface area contributed by atoms with Crippen LogP contribution in [0.3, 0.4) is 0 Å². The van der Waals surface area contributed by atoms with Crippen LogP contribution in [0, 0.1) is 0 Å². The first-order valence-electron chi connectivity index (χ1n) is 5.88. The Morgan fingerprint density at radius 3 is 2.41 bits per heavy atom. The van der Waals surface area contributed by atoms with Gasteiger partial charge in [-0.3, -0.25) is 4.79 Å². The largest absolute Gasteiger partial charge is 0.355 e. The molecule has 1 aromatic rings. The number of hydrogen-bond acceptors (Lipinski definition) is 5. The topological polar surface area (TPSA) is 79.8 Å². The van der Waals surface area contributed by atoms with Crippen molar-refractivity contribution in [1.29, 1.82) is 0 Å². The van der Waals surface area contributed by atoms with E-state index in [1.807, 2.05) is 13.8 Å². The van der Waals surface area contributed by atoms with Gasteiger partial charge in [0.15, 0.2) is 0 Å². The van der Waals surface area contributed by atoms with Crippen molar-refractivity contribution in [3.63, 3.8) is 0 Å². The zero-order valence-corrected chi connectivity index (χ0v) is 10.6. The van der Waals surface area contributed by atoms with E-state index in [0.29, 0.717) is 19.0 Å². The van der Waals surface area contributed by atoms with E-state index in [9.17, 15) is 4.79 Å². The molecule has 0 atom stereocenters. The van der Waals surface area contributed by atoms with Gasteiger partial charge in [-0.05, 0) is 12.8 Å². The number of nitrogens with one attached hydrogen (secondary N) is 2. The molecule has 0 radical (unpaired) electrons. The summed E-state index contributed by atoms with van der Waals surface area (Å²) < 4.78 is 0. The van der Waals surface area contributed by atoms with E-state index < -0.39 is 0 Å². The lowest BCUT2D eigenvalue weighted by Gasteiger charge is -2.07. The normalized spacial score (nSPS) is 10.1. The second kappa shape index (κ2) is 6.78. The molecule has 0 aliphatic rings. The van der Waals surface area contributed by atoms with Crippen molar-refractivity contribution in [2.75, 3.05) is 18.4 Å². The Kier molecular flexibility index (Phi) is 5.32. The lowest BCUT2D eigenvalue weighted by molar-refractivity contribution is -0.118. The Labute approximate surface area is 101 Å². The third-order valence-electron chi connectivity index (χ3n) is 2.29. The molecule has 1 heterocycles.